The zero-order valence-corrected chi connectivity index (χ0v) is 18.3. The van der Waals surface area contributed by atoms with Crippen LogP contribution in [-0.4, -0.2) is 51.4 Å². The number of carbonyl (C=O) groups excluding carboxylic acids is 2. The van der Waals surface area contributed by atoms with Gasteiger partial charge < -0.3 is 35.5 Å². The minimum atomic E-state index is -0.488. The Labute approximate surface area is 191 Å². The lowest BCUT2D eigenvalue weighted by Gasteiger charge is -2.16. The van der Waals surface area contributed by atoms with Crippen LogP contribution in [0.4, 0.5) is 21.0 Å². The van der Waals surface area contributed by atoms with Gasteiger partial charge in [-0.15, -0.1) is 0 Å². The zero-order valence-electron chi connectivity index (χ0n) is 18.3. The number of ether oxygens (including phenoxy) is 3. The highest BCUT2D eigenvalue weighted by Crippen LogP contribution is 2.29. The molecule has 1 unspecified atom stereocenters. The fraction of sp³-hybridized carbons (Fsp3) is 0.348. The number of methoxy groups -OCH3 is 1. The van der Waals surface area contributed by atoms with E-state index in [1.165, 1.54) is 0 Å². The SMILES string of the molecule is COc1cc(NC(=O)Nc2cccc(CNC(=O)O[C@H]3CCOC3)c2)ccc1C1CN=CN1. The van der Waals surface area contributed by atoms with E-state index in [2.05, 4.69) is 26.3 Å². The quantitative estimate of drug-likeness (QED) is 0.511. The molecular formula is C23H27N5O5. The van der Waals surface area contributed by atoms with Crippen molar-refractivity contribution >= 4 is 29.8 Å². The van der Waals surface area contributed by atoms with Crippen molar-refractivity contribution in [1.29, 1.82) is 0 Å². The molecule has 0 saturated carbocycles. The lowest BCUT2D eigenvalue weighted by atomic mass is 10.1. The highest BCUT2D eigenvalue weighted by Gasteiger charge is 2.20. The molecule has 10 nitrogen and oxygen atoms in total. The van der Waals surface area contributed by atoms with Crippen LogP contribution in [0.25, 0.3) is 0 Å². The van der Waals surface area contributed by atoms with Crippen molar-refractivity contribution in [1.82, 2.24) is 10.6 Å². The van der Waals surface area contributed by atoms with Gasteiger partial charge in [0.2, 0.25) is 0 Å². The number of hydrogen-bond donors (Lipinski definition) is 4. The average Bonchev–Trinajstić information content (AvgIpc) is 3.52. The van der Waals surface area contributed by atoms with Crippen molar-refractivity contribution in [3.63, 3.8) is 0 Å². The number of nitrogens with one attached hydrogen (secondary N) is 4. The Morgan fingerprint density at radius 1 is 1.18 bits per heavy atom. The highest BCUT2D eigenvalue weighted by atomic mass is 16.6. The molecule has 1 saturated heterocycles. The number of amides is 3. The topological polar surface area (TPSA) is 122 Å². The summed E-state index contributed by atoms with van der Waals surface area (Å²) in [6.45, 7) is 1.96. The average molecular weight is 453 g/mol. The Balaban J connectivity index is 1.29. The fourth-order valence-corrected chi connectivity index (χ4v) is 3.64. The number of alkyl carbamates (subject to hydrolysis) is 1. The van der Waals surface area contributed by atoms with E-state index in [9.17, 15) is 9.59 Å². The highest BCUT2D eigenvalue weighted by molar-refractivity contribution is 6.00. The van der Waals surface area contributed by atoms with E-state index in [0.29, 0.717) is 43.3 Å². The van der Waals surface area contributed by atoms with Crippen LogP contribution in [0, 0.1) is 0 Å². The van der Waals surface area contributed by atoms with E-state index >= 15 is 0 Å². The van der Waals surface area contributed by atoms with Gasteiger partial charge in [-0.1, -0.05) is 18.2 Å². The molecule has 0 aliphatic carbocycles. The van der Waals surface area contributed by atoms with Gasteiger partial charge in [0.1, 0.15) is 11.9 Å². The first-order valence-electron chi connectivity index (χ1n) is 10.7. The van der Waals surface area contributed by atoms with Gasteiger partial charge in [-0.25, -0.2) is 9.59 Å². The summed E-state index contributed by atoms with van der Waals surface area (Å²) in [5.74, 6) is 0.667. The molecule has 174 valence electrons. The van der Waals surface area contributed by atoms with E-state index in [0.717, 1.165) is 11.1 Å². The molecule has 2 atom stereocenters. The van der Waals surface area contributed by atoms with E-state index in [4.69, 9.17) is 14.2 Å². The van der Waals surface area contributed by atoms with Crippen molar-refractivity contribution in [2.24, 2.45) is 4.99 Å². The third-order valence-corrected chi connectivity index (χ3v) is 5.31. The predicted molar refractivity (Wildman–Crippen MR) is 124 cm³/mol. The van der Waals surface area contributed by atoms with E-state index < -0.39 is 12.1 Å². The number of carbonyl (C=O) groups is 2. The third-order valence-electron chi connectivity index (χ3n) is 5.31. The number of benzene rings is 2. The molecule has 0 radical (unpaired) electrons. The molecule has 4 rings (SSSR count). The van der Waals surface area contributed by atoms with Crippen LogP contribution < -0.4 is 26.0 Å². The van der Waals surface area contributed by atoms with Crippen molar-refractivity contribution in [2.45, 2.75) is 25.1 Å². The maximum Gasteiger partial charge on any atom is 0.407 e. The lowest BCUT2D eigenvalue weighted by molar-refractivity contribution is 0.0828. The summed E-state index contributed by atoms with van der Waals surface area (Å²) in [6, 6.07) is 12.4. The Kier molecular flexibility index (Phi) is 7.26. The third kappa shape index (κ3) is 6.13. The first-order valence-corrected chi connectivity index (χ1v) is 10.7. The summed E-state index contributed by atoms with van der Waals surface area (Å²) in [5.41, 5.74) is 2.99. The molecule has 33 heavy (non-hydrogen) atoms. The molecule has 4 N–H and O–H groups in total. The maximum absolute atomic E-state index is 12.5. The second-order valence-corrected chi connectivity index (χ2v) is 7.69. The van der Waals surface area contributed by atoms with Crippen molar-refractivity contribution in [3.05, 3.63) is 53.6 Å². The Morgan fingerprint density at radius 2 is 2.03 bits per heavy atom. The van der Waals surface area contributed by atoms with Gasteiger partial charge in [-0.2, -0.15) is 0 Å². The van der Waals surface area contributed by atoms with Gasteiger partial charge in [-0.05, 0) is 23.8 Å². The normalized spacial score (nSPS) is 18.9. The predicted octanol–water partition coefficient (Wildman–Crippen LogP) is 3.03. The van der Waals surface area contributed by atoms with Gasteiger partial charge >= 0.3 is 12.1 Å². The number of rotatable bonds is 7. The summed E-state index contributed by atoms with van der Waals surface area (Å²) in [7, 11) is 1.59. The molecule has 0 aromatic heterocycles. The first-order chi connectivity index (χ1) is 16.1. The largest absolute Gasteiger partial charge is 0.496 e. The van der Waals surface area contributed by atoms with Crippen molar-refractivity contribution < 1.29 is 23.8 Å². The molecule has 2 aliphatic rings. The standard InChI is InChI=1S/C23H27N5O5/c1-31-21-10-17(5-6-19(21)20-12-24-14-26-20)28-22(29)27-16-4-2-3-15(9-16)11-25-23(30)33-18-7-8-32-13-18/h2-6,9-10,14,18,20H,7-8,11-13H2,1H3,(H,24,26)(H,25,30)(H2,27,28,29)/t18-,20?/m0/s1. The lowest BCUT2D eigenvalue weighted by Crippen LogP contribution is -2.28. The summed E-state index contributed by atoms with van der Waals surface area (Å²) in [4.78, 5) is 28.6. The molecule has 1 fully saturated rings. The van der Waals surface area contributed by atoms with Gasteiger partial charge in [0.25, 0.3) is 0 Å². The van der Waals surface area contributed by atoms with Gasteiger partial charge in [0, 0.05) is 36.0 Å². The summed E-state index contributed by atoms with van der Waals surface area (Å²) >= 11 is 0. The smallest absolute Gasteiger partial charge is 0.407 e. The summed E-state index contributed by atoms with van der Waals surface area (Å²) in [6.07, 6.45) is 1.71. The number of aliphatic imine (C=N–C) groups is 1. The van der Waals surface area contributed by atoms with Gasteiger partial charge in [-0.3, -0.25) is 4.99 Å². The van der Waals surface area contributed by atoms with Crippen LogP contribution in [-0.2, 0) is 16.0 Å². The number of hydrogen-bond acceptors (Lipinski definition) is 7. The molecule has 0 bridgehead atoms. The first kappa shape index (κ1) is 22.4. The Morgan fingerprint density at radius 3 is 2.76 bits per heavy atom. The summed E-state index contributed by atoms with van der Waals surface area (Å²) in [5, 5.41) is 11.5. The molecule has 10 heteroatoms. The molecule has 2 aliphatic heterocycles. The van der Waals surface area contributed by atoms with Gasteiger partial charge in [0.15, 0.2) is 0 Å². The zero-order chi connectivity index (χ0) is 23.0. The molecule has 2 aromatic rings. The number of nitrogens with zero attached hydrogens (tertiary/aromatic N) is 1. The Bertz CT molecular complexity index is 1010. The number of anilines is 2. The monoisotopic (exact) mass is 453 g/mol. The summed E-state index contributed by atoms with van der Waals surface area (Å²) < 4.78 is 16.0. The van der Waals surface area contributed by atoms with E-state index in [1.54, 1.807) is 37.7 Å². The minimum Gasteiger partial charge on any atom is -0.496 e. The maximum atomic E-state index is 12.5. The Hall–Kier alpha value is -3.79. The van der Waals surface area contributed by atoms with Gasteiger partial charge in [0.05, 0.1) is 39.2 Å². The fourth-order valence-electron chi connectivity index (χ4n) is 3.64. The van der Waals surface area contributed by atoms with E-state index in [-0.39, 0.29) is 18.7 Å². The van der Waals surface area contributed by atoms with Crippen LogP contribution >= 0.6 is 0 Å². The second-order valence-electron chi connectivity index (χ2n) is 7.69. The molecule has 2 heterocycles. The number of urea groups is 1. The molecule has 0 spiro atoms. The van der Waals surface area contributed by atoms with Crippen molar-refractivity contribution in [2.75, 3.05) is 37.5 Å². The van der Waals surface area contributed by atoms with Crippen LogP contribution in [0.5, 0.6) is 5.75 Å². The van der Waals surface area contributed by atoms with Crippen LogP contribution in [0.2, 0.25) is 0 Å². The molecule has 3 amide bonds. The van der Waals surface area contributed by atoms with Crippen LogP contribution in [0.15, 0.2) is 47.5 Å². The van der Waals surface area contributed by atoms with Crippen LogP contribution in [0.1, 0.15) is 23.6 Å². The second kappa shape index (κ2) is 10.7. The van der Waals surface area contributed by atoms with Crippen molar-refractivity contribution in [3.8, 4) is 5.75 Å². The molecular weight excluding hydrogens is 426 g/mol. The molecule has 2 aromatic carbocycles. The van der Waals surface area contributed by atoms with Crippen LogP contribution in [0.3, 0.4) is 0 Å². The van der Waals surface area contributed by atoms with E-state index in [1.807, 2.05) is 18.2 Å². The minimum absolute atomic E-state index is 0.0583.